The third-order valence-corrected chi connectivity index (χ3v) is 2.32. The second-order valence-corrected chi connectivity index (χ2v) is 3.56. The fourth-order valence-corrected chi connectivity index (χ4v) is 1.32. The zero-order valence-electron chi connectivity index (χ0n) is 9.12. The summed E-state index contributed by atoms with van der Waals surface area (Å²) in [6, 6.07) is 0. The summed E-state index contributed by atoms with van der Waals surface area (Å²) in [5.41, 5.74) is 0. The summed E-state index contributed by atoms with van der Waals surface area (Å²) in [5, 5.41) is 11.2. The van der Waals surface area contributed by atoms with Crippen LogP contribution < -0.4 is 5.32 Å². The average molecular weight is 219 g/mol. The first-order chi connectivity index (χ1) is 7.02. The Labute approximate surface area is 88.9 Å². The summed E-state index contributed by atoms with van der Waals surface area (Å²) in [5.74, 6) is -2.07. The van der Waals surface area contributed by atoms with E-state index in [1.807, 2.05) is 0 Å². The molecule has 2 N–H and O–H groups in total. The van der Waals surface area contributed by atoms with Crippen molar-refractivity contribution < 1.29 is 19.1 Å². The second-order valence-electron chi connectivity index (χ2n) is 3.56. The van der Waals surface area contributed by atoms with Crippen molar-refractivity contribution >= 4 is 11.9 Å². The molecule has 0 aliphatic rings. The number of aliphatic carboxylic acids is 1. The van der Waals surface area contributed by atoms with Gasteiger partial charge in [0.1, 0.15) is 6.67 Å². The summed E-state index contributed by atoms with van der Waals surface area (Å²) in [6.45, 7) is 2.81. The predicted molar refractivity (Wildman–Crippen MR) is 54.2 cm³/mol. The minimum Gasteiger partial charge on any atom is -0.481 e. The van der Waals surface area contributed by atoms with Crippen LogP contribution in [-0.4, -0.2) is 30.2 Å². The van der Waals surface area contributed by atoms with E-state index >= 15 is 0 Å². The summed E-state index contributed by atoms with van der Waals surface area (Å²) < 4.78 is 11.8. The van der Waals surface area contributed by atoms with Crippen LogP contribution in [0.5, 0.6) is 0 Å². The number of carbonyl (C=O) groups excluding carboxylic acids is 1. The van der Waals surface area contributed by atoms with E-state index < -0.39 is 24.5 Å². The number of carbonyl (C=O) groups is 2. The van der Waals surface area contributed by atoms with Gasteiger partial charge in [0.25, 0.3) is 0 Å². The fourth-order valence-electron chi connectivity index (χ4n) is 1.32. The van der Waals surface area contributed by atoms with Gasteiger partial charge in [-0.05, 0) is 12.8 Å². The molecule has 0 heterocycles. The zero-order valence-corrected chi connectivity index (χ0v) is 9.12. The van der Waals surface area contributed by atoms with Gasteiger partial charge in [0.05, 0.1) is 5.92 Å². The molecule has 1 amide bonds. The van der Waals surface area contributed by atoms with Crippen LogP contribution in [0.2, 0.25) is 0 Å². The number of rotatable bonds is 7. The van der Waals surface area contributed by atoms with Gasteiger partial charge in [0.15, 0.2) is 0 Å². The molecule has 0 bridgehead atoms. The van der Waals surface area contributed by atoms with Crippen LogP contribution in [0.3, 0.4) is 0 Å². The van der Waals surface area contributed by atoms with Crippen molar-refractivity contribution in [1.29, 1.82) is 0 Å². The molecule has 4 nitrogen and oxygen atoms in total. The molecular formula is C10H18FNO3. The Morgan fingerprint density at radius 3 is 2.47 bits per heavy atom. The van der Waals surface area contributed by atoms with E-state index in [2.05, 4.69) is 5.32 Å². The first kappa shape index (κ1) is 13.9. The quantitative estimate of drug-likeness (QED) is 0.676. The minimum absolute atomic E-state index is 0.00691. The van der Waals surface area contributed by atoms with Crippen LogP contribution in [0.4, 0.5) is 4.39 Å². The van der Waals surface area contributed by atoms with Gasteiger partial charge in [-0.15, -0.1) is 0 Å². The Morgan fingerprint density at radius 1 is 1.47 bits per heavy atom. The third-order valence-electron chi connectivity index (χ3n) is 2.32. The average Bonchev–Trinajstić information content (AvgIpc) is 2.21. The molecule has 0 saturated heterocycles. The molecule has 0 saturated carbocycles. The lowest BCUT2D eigenvalue weighted by molar-refractivity contribution is -0.142. The molecular weight excluding hydrogens is 201 g/mol. The standard InChI is InChI=1S/C10H18FNO3/c1-3-8(10(14)15)6-7(2)9(13)12-5-4-11/h7-8H,3-6H2,1-2H3,(H,12,13)(H,14,15). The lowest BCUT2D eigenvalue weighted by atomic mass is 9.93. The van der Waals surface area contributed by atoms with Crippen LogP contribution >= 0.6 is 0 Å². The monoisotopic (exact) mass is 219 g/mol. The van der Waals surface area contributed by atoms with Gasteiger partial charge in [-0.3, -0.25) is 9.59 Å². The highest BCUT2D eigenvalue weighted by Crippen LogP contribution is 2.15. The number of nitrogens with one attached hydrogen (secondary N) is 1. The molecule has 15 heavy (non-hydrogen) atoms. The molecule has 0 aromatic heterocycles. The lowest BCUT2D eigenvalue weighted by Crippen LogP contribution is -2.32. The van der Waals surface area contributed by atoms with Crippen molar-refractivity contribution in [2.45, 2.75) is 26.7 Å². The first-order valence-corrected chi connectivity index (χ1v) is 5.09. The summed E-state index contributed by atoms with van der Waals surface area (Å²) >= 11 is 0. The van der Waals surface area contributed by atoms with E-state index in [9.17, 15) is 14.0 Å². The topological polar surface area (TPSA) is 66.4 Å². The Bertz CT molecular complexity index is 221. The molecule has 2 atom stereocenters. The maximum atomic E-state index is 11.8. The molecule has 0 spiro atoms. The maximum absolute atomic E-state index is 11.8. The maximum Gasteiger partial charge on any atom is 0.306 e. The fraction of sp³-hybridized carbons (Fsp3) is 0.800. The van der Waals surface area contributed by atoms with Gasteiger partial charge in [0.2, 0.25) is 5.91 Å². The van der Waals surface area contributed by atoms with E-state index in [0.717, 1.165) is 0 Å². The Hall–Kier alpha value is -1.13. The van der Waals surface area contributed by atoms with Crippen molar-refractivity contribution in [3.8, 4) is 0 Å². The lowest BCUT2D eigenvalue weighted by Gasteiger charge is -2.15. The SMILES string of the molecule is CCC(CC(C)C(=O)NCCF)C(=O)O. The van der Waals surface area contributed by atoms with Gasteiger partial charge in [-0.1, -0.05) is 13.8 Å². The number of halogens is 1. The highest BCUT2D eigenvalue weighted by molar-refractivity contribution is 5.79. The molecule has 0 rings (SSSR count). The zero-order chi connectivity index (χ0) is 11.8. The van der Waals surface area contributed by atoms with Crippen molar-refractivity contribution in [3.05, 3.63) is 0 Å². The molecule has 2 unspecified atom stereocenters. The van der Waals surface area contributed by atoms with Gasteiger partial charge in [-0.25, -0.2) is 4.39 Å². The van der Waals surface area contributed by atoms with E-state index in [1.165, 1.54) is 0 Å². The molecule has 0 aliphatic heterocycles. The third kappa shape index (κ3) is 5.34. The van der Waals surface area contributed by atoms with E-state index in [0.29, 0.717) is 12.8 Å². The van der Waals surface area contributed by atoms with Gasteiger partial charge in [0, 0.05) is 12.5 Å². The Kier molecular flexibility index (Phi) is 6.66. The molecule has 0 aromatic rings. The Morgan fingerprint density at radius 2 is 2.07 bits per heavy atom. The number of alkyl halides is 1. The normalized spacial score (nSPS) is 14.3. The van der Waals surface area contributed by atoms with E-state index in [-0.39, 0.29) is 12.5 Å². The number of carboxylic acids is 1. The second kappa shape index (κ2) is 7.20. The highest BCUT2D eigenvalue weighted by Gasteiger charge is 2.22. The predicted octanol–water partition coefficient (Wildman–Crippen LogP) is 1.21. The minimum atomic E-state index is -0.886. The molecule has 0 fully saturated rings. The van der Waals surface area contributed by atoms with E-state index in [1.54, 1.807) is 13.8 Å². The number of carboxylic acid groups (broad SMARTS) is 1. The summed E-state index contributed by atoms with van der Waals surface area (Å²) in [4.78, 5) is 22.0. The Balaban J connectivity index is 4.04. The van der Waals surface area contributed by atoms with Crippen LogP contribution in [0.1, 0.15) is 26.7 Å². The van der Waals surface area contributed by atoms with Crippen molar-refractivity contribution in [1.82, 2.24) is 5.32 Å². The van der Waals surface area contributed by atoms with Gasteiger partial charge >= 0.3 is 5.97 Å². The highest BCUT2D eigenvalue weighted by atomic mass is 19.1. The summed E-state index contributed by atoms with van der Waals surface area (Å²) in [6.07, 6.45) is 0.792. The molecule has 0 radical (unpaired) electrons. The van der Waals surface area contributed by atoms with Crippen molar-refractivity contribution in [3.63, 3.8) is 0 Å². The van der Waals surface area contributed by atoms with Gasteiger partial charge < -0.3 is 10.4 Å². The first-order valence-electron chi connectivity index (χ1n) is 5.09. The number of hydrogen-bond donors (Lipinski definition) is 2. The molecule has 88 valence electrons. The largest absolute Gasteiger partial charge is 0.481 e. The number of amides is 1. The number of hydrogen-bond acceptors (Lipinski definition) is 2. The smallest absolute Gasteiger partial charge is 0.306 e. The molecule has 0 aromatic carbocycles. The van der Waals surface area contributed by atoms with Crippen LogP contribution in [0.25, 0.3) is 0 Å². The molecule has 5 heteroatoms. The van der Waals surface area contributed by atoms with Crippen LogP contribution in [0.15, 0.2) is 0 Å². The van der Waals surface area contributed by atoms with Crippen molar-refractivity contribution in [2.75, 3.05) is 13.2 Å². The van der Waals surface area contributed by atoms with E-state index in [4.69, 9.17) is 5.11 Å². The van der Waals surface area contributed by atoms with Gasteiger partial charge in [-0.2, -0.15) is 0 Å². The molecule has 0 aliphatic carbocycles. The van der Waals surface area contributed by atoms with Crippen molar-refractivity contribution in [2.24, 2.45) is 11.8 Å². The van der Waals surface area contributed by atoms with Crippen LogP contribution in [-0.2, 0) is 9.59 Å². The summed E-state index contributed by atoms with van der Waals surface area (Å²) in [7, 11) is 0. The van der Waals surface area contributed by atoms with Crippen LogP contribution in [0, 0.1) is 11.8 Å².